The molecule has 0 radical (unpaired) electrons. The molecule has 0 atom stereocenters. The van der Waals surface area contributed by atoms with Gasteiger partial charge in [-0.3, -0.25) is 9.78 Å². The third-order valence-corrected chi connectivity index (χ3v) is 5.93. The number of fused-ring (bicyclic) bond motifs is 1. The van der Waals surface area contributed by atoms with Gasteiger partial charge in [0.25, 0.3) is 5.91 Å². The minimum atomic E-state index is -0.191. The SMILES string of the molecule is CCN(CC)CCCNC(=O)c1cnc(-c2ccccc2)c2nc(-c3nonc3N)n(CC)c12. The van der Waals surface area contributed by atoms with Gasteiger partial charge in [-0.1, -0.05) is 44.2 Å². The van der Waals surface area contributed by atoms with E-state index in [0.717, 1.165) is 31.6 Å². The van der Waals surface area contributed by atoms with Gasteiger partial charge in [0.1, 0.15) is 5.52 Å². The summed E-state index contributed by atoms with van der Waals surface area (Å²) < 4.78 is 6.72. The highest BCUT2D eigenvalue weighted by atomic mass is 16.6. The Labute approximate surface area is 198 Å². The smallest absolute Gasteiger partial charge is 0.255 e. The van der Waals surface area contributed by atoms with E-state index in [2.05, 4.69) is 39.4 Å². The Morgan fingerprint density at radius 1 is 1.12 bits per heavy atom. The maximum atomic E-state index is 13.2. The largest absolute Gasteiger partial charge is 0.379 e. The number of aromatic nitrogens is 5. The van der Waals surface area contributed by atoms with E-state index in [1.54, 1.807) is 6.20 Å². The van der Waals surface area contributed by atoms with E-state index in [0.29, 0.717) is 46.9 Å². The number of nitrogen functional groups attached to an aromatic ring is 1. The second kappa shape index (κ2) is 10.4. The van der Waals surface area contributed by atoms with E-state index in [9.17, 15) is 4.79 Å². The summed E-state index contributed by atoms with van der Waals surface area (Å²) >= 11 is 0. The van der Waals surface area contributed by atoms with Crippen molar-refractivity contribution in [3.63, 3.8) is 0 Å². The van der Waals surface area contributed by atoms with Crippen LogP contribution in [0.4, 0.5) is 5.82 Å². The highest BCUT2D eigenvalue weighted by Crippen LogP contribution is 2.33. The fraction of sp³-hybridized carbons (Fsp3) is 0.375. The lowest BCUT2D eigenvalue weighted by Gasteiger charge is -2.17. The Balaban J connectivity index is 1.76. The molecular formula is C24H30N8O2. The summed E-state index contributed by atoms with van der Waals surface area (Å²) in [4.78, 5) is 25.0. The summed E-state index contributed by atoms with van der Waals surface area (Å²) in [6.45, 7) is 10.3. The molecule has 10 nitrogen and oxygen atoms in total. The van der Waals surface area contributed by atoms with Crippen LogP contribution in [0.1, 0.15) is 37.6 Å². The molecule has 0 bridgehead atoms. The lowest BCUT2D eigenvalue weighted by atomic mass is 10.1. The molecule has 34 heavy (non-hydrogen) atoms. The molecule has 0 saturated heterocycles. The molecule has 0 saturated carbocycles. The molecule has 1 aromatic carbocycles. The van der Waals surface area contributed by atoms with E-state index in [1.165, 1.54) is 0 Å². The topological polar surface area (TPSA) is 128 Å². The number of carbonyl (C=O) groups excluding carboxylic acids is 1. The molecule has 1 amide bonds. The zero-order valence-electron chi connectivity index (χ0n) is 19.8. The fourth-order valence-electron chi connectivity index (χ4n) is 4.09. The normalized spacial score (nSPS) is 11.4. The standard InChI is InChI=1S/C24H30N8O2/c1-4-31(5-2)14-10-13-26-24(33)17-15-27-18(16-11-8-7-9-12-16)19-21(17)32(6-3)23(28-19)20-22(25)30-34-29-20/h7-9,11-12,15H,4-6,10,13-14H2,1-3H3,(H2,25,30)(H,26,33). The van der Waals surface area contributed by atoms with Crippen LogP contribution in [0.3, 0.4) is 0 Å². The van der Waals surface area contributed by atoms with Gasteiger partial charge < -0.3 is 20.5 Å². The minimum Gasteiger partial charge on any atom is -0.379 e. The van der Waals surface area contributed by atoms with Gasteiger partial charge in [-0.25, -0.2) is 9.61 Å². The molecule has 4 rings (SSSR count). The number of benzene rings is 1. The van der Waals surface area contributed by atoms with Crippen LogP contribution in [0.15, 0.2) is 41.2 Å². The van der Waals surface area contributed by atoms with Gasteiger partial charge in [0.05, 0.1) is 16.8 Å². The van der Waals surface area contributed by atoms with Crippen LogP contribution in [0.2, 0.25) is 0 Å². The zero-order chi connectivity index (χ0) is 24.1. The van der Waals surface area contributed by atoms with Gasteiger partial charge in [0, 0.05) is 24.8 Å². The van der Waals surface area contributed by atoms with Crippen molar-refractivity contribution in [1.82, 2.24) is 35.1 Å². The Morgan fingerprint density at radius 3 is 2.53 bits per heavy atom. The number of nitrogens with one attached hydrogen (secondary N) is 1. The number of imidazole rings is 1. The summed E-state index contributed by atoms with van der Waals surface area (Å²) in [5.41, 5.74) is 9.61. The molecule has 0 aliphatic carbocycles. The van der Waals surface area contributed by atoms with Crippen LogP contribution >= 0.6 is 0 Å². The van der Waals surface area contributed by atoms with Crippen molar-refractivity contribution in [3.05, 3.63) is 42.1 Å². The fourth-order valence-corrected chi connectivity index (χ4v) is 4.09. The molecule has 0 aliphatic rings. The van der Waals surface area contributed by atoms with Gasteiger partial charge in [-0.2, -0.15) is 0 Å². The second-order valence-corrected chi connectivity index (χ2v) is 7.90. The van der Waals surface area contributed by atoms with Crippen LogP contribution < -0.4 is 11.1 Å². The van der Waals surface area contributed by atoms with Crippen LogP contribution in [0.5, 0.6) is 0 Å². The molecule has 0 unspecified atom stereocenters. The second-order valence-electron chi connectivity index (χ2n) is 7.90. The van der Waals surface area contributed by atoms with Crippen molar-refractivity contribution >= 4 is 22.8 Å². The number of hydrogen-bond donors (Lipinski definition) is 2. The van der Waals surface area contributed by atoms with Crippen molar-refractivity contribution in [2.75, 3.05) is 31.9 Å². The Kier molecular flexibility index (Phi) is 7.17. The number of nitrogens with two attached hydrogens (primary N) is 1. The van der Waals surface area contributed by atoms with Crippen molar-refractivity contribution in [1.29, 1.82) is 0 Å². The number of hydrogen-bond acceptors (Lipinski definition) is 8. The number of rotatable bonds is 10. The van der Waals surface area contributed by atoms with Crippen molar-refractivity contribution in [2.45, 2.75) is 33.7 Å². The van der Waals surface area contributed by atoms with Gasteiger partial charge >= 0.3 is 0 Å². The van der Waals surface area contributed by atoms with E-state index < -0.39 is 0 Å². The number of aryl methyl sites for hydroxylation is 1. The highest BCUT2D eigenvalue weighted by molar-refractivity contribution is 6.08. The summed E-state index contributed by atoms with van der Waals surface area (Å²) in [6.07, 6.45) is 2.48. The summed E-state index contributed by atoms with van der Waals surface area (Å²) in [6, 6.07) is 9.75. The highest BCUT2D eigenvalue weighted by Gasteiger charge is 2.25. The molecule has 0 aliphatic heterocycles. The molecule has 10 heteroatoms. The molecule has 0 fully saturated rings. The monoisotopic (exact) mass is 462 g/mol. The minimum absolute atomic E-state index is 0.140. The molecule has 3 aromatic heterocycles. The number of nitrogens with zero attached hydrogens (tertiary/aromatic N) is 6. The molecule has 3 heterocycles. The first-order chi connectivity index (χ1) is 16.6. The van der Waals surface area contributed by atoms with Gasteiger partial charge in [0.2, 0.25) is 0 Å². The quantitative estimate of drug-likeness (QED) is 0.344. The number of pyridine rings is 1. The maximum absolute atomic E-state index is 13.2. The number of anilines is 1. The average Bonchev–Trinajstić information content (AvgIpc) is 3.46. The van der Waals surface area contributed by atoms with E-state index in [1.807, 2.05) is 41.8 Å². The van der Waals surface area contributed by atoms with Gasteiger partial charge in [0.15, 0.2) is 17.3 Å². The predicted molar refractivity (Wildman–Crippen MR) is 131 cm³/mol. The summed E-state index contributed by atoms with van der Waals surface area (Å²) in [5, 5.41) is 10.7. The first-order valence-electron chi connectivity index (χ1n) is 11.6. The molecular weight excluding hydrogens is 432 g/mol. The van der Waals surface area contributed by atoms with Crippen molar-refractivity contribution in [3.8, 4) is 22.8 Å². The van der Waals surface area contributed by atoms with Crippen molar-refractivity contribution < 1.29 is 9.42 Å². The van der Waals surface area contributed by atoms with E-state index in [4.69, 9.17) is 15.3 Å². The van der Waals surface area contributed by atoms with Crippen LogP contribution in [-0.4, -0.2) is 61.8 Å². The van der Waals surface area contributed by atoms with Crippen LogP contribution in [0, 0.1) is 0 Å². The lowest BCUT2D eigenvalue weighted by molar-refractivity contribution is 0.0953. The predicted octanol–water partition coefficient (Wildman–Crippen LogP) is 3.21. The zero-order valence-corrected chi connectivity index (χ0v) is 19.8. The molecule has 0 spiro atoms. The third kappa shape index (κ3) is 4.49. The van der Waals surface area contributed by atoms with Crippen LogP contribution in [-0.2, 0) is 6.54 Å². The van der Waals surface area contributed by atoms with Crippen LogP contribution in [0.25, 0.3) is 33.8 Å². The Bertz CT molecular complexity index is 1260. The number of carbonyl (C=O) groups is 1. The van der Waals surface area contributed by atoms with Gasteiger partial charge in [-0.05, 0) is 43.3 Å². The first-order valence-corrected chi connectivity index (χ1v) is 11.6. The number of amides is 1. The summed E-state index contributed by atoms with van der Waals surface area (Å²) in [7, 11) is 0. The molecule has 3 N–H and O–H groups in total. The van der Waals surface area contributed by atoms with Gasteiger partial charge in [-0.15, -0.1) is 0 Å². The van der Waals surface area contributed by atoms with Crippen molar-refractivity contribution in [2.24, 2.45) is 0 Å². The third-order valence-electron chi connectivity index (χ3n) is 5.93. The van der Waals surface area contributed by atoms with E-state index >= 15 is 0 Å². The molecule has 178 valence electrons. The first kappa shape index (κ1) is 23.4. The van der Waals surface area contributed by atoms with E-state index in [-0.39, 0.29) is 11.7 Å². The Hall–Kier alpha value is -3.79. The molecule has 4 aromatic rings. The summed E-state index contributed by atoms with van der Waals surface area (Å²) in [5.74, 6) is 0.433. The maximum Gasteiger partial charge on any atom is 0.255 e. The Morgan fingerprint density at radius 2 is 1.88 bits per heavy atom. The lowest BCUT2D eigenvalue weighted by Crippen LogP contribution is -2.30. The average molecular weight is 463 g/mol.